The van der Waals surface area contributed by atoms with Crippen LogP contribution in [0.15, 0.2) is 36.4 Å². The Labute approximate surface area is 197 Å². The fourth-order valence-corrected chi connectivity index (χ4v) is 6.72. The van der Waals surface area contributed by atoms with E-state index in [1.807, 2.05) is 0 Å². The zero-order valence-corrected chi connectivity index (χ0v) is 18.9. The summed E-state index contributed by atoms with van der Waals surface area (Å²) in [6.45, 7) is 0. The monoisotopic (exact) mass is 443 g/mol. The van der Waals surface area contributed by atoms with Gasteiger partial charge in [0.15, 0.2) is 0 Å². The van der Waals surface area contributed by atoms with Crippen molar-refractivity contribution in [3.63, 3.8) is 0 Å². The van der Waals surface area contributed by atoms with Crippen LogP contribution < -0.4 is 5.32 Å². The van der Waals surface area contributed by atoms with E-state index in [2.05, 4.69) is 63.5 Å². The molecule has 4 aliphatic carbocycles. The third-order valence-electron chi connectivity index (χ3n) is 9.01. The maximum Gasteiger partial charge on any atom is 0.124 e. The van der Waals surface area contributed by atoms with Gasteiger partial charge in [-0.2, -0.15) is 0 Å². The summed E-state index contributed by atoms with van der Waals surface area (Å²) in [6, 6.07) is 14.1. The number of rotatable bonds is 2. The molecule has 0 amide bonds. The van der Waals surface area contributed by atoms with Gasteiger partial charge in [-0.15, -0.1) is 0 Å². The predicted molar refractivity (Wildman–Crippen MR) is 130 cm³/mol. The first kappa shape index (κ1) is 18.0. The largest absolute Gasteiger partial charge is 0.345 e. The molecule has 4 aromatic rings. The normalized spacial score (nSPS) is 31.2. The van der Waals surface area contributed by atoms with Crippen molar-refractivity contribution in [2.24, 2.45) is 17.8 Å². The van der Waals surface area contributed by atoms with Crippen LogP contribution in [0.25, 0.3) is 22.3 Å². The minimum atomic E-state index is 0.410. The van der Waals surface area contributed by atoms with Gasteiger partial charge in [-0.1, -0.05) is 17.9 Å². The molecule has 2 aromatic heterocycles. The lowest BCUT2D eigenvalue weighted by atomic mass is 9.85. The van der Waals surface area contributed by atoms with E-state index in [0.717, 1.165) is 64.6 Å². The molecule has 3 saturated carbocycles. The molecule has 0 radical (unpaired) electrons. The van der Waals surface area contributed by atoms with E-state index in [9.17, 15) is 0 Å². The minimum absolute atomic E-state index is 0.410. The summed E-state index contributed by atoms with van der Waals surface area (Å²) in [5.74, 6) is 12.5. The van der Waals surface area contributed by atoms with Crippen molar-refractivity contribution in [2.75, 3.05) is 0 Å². The van der Waals surface area contributed by atoms with Crippen LogP contribution in [0.5, 0.6) is 0 Å². The van der Waals surface area contributed by atoms with Crippen LogP contribution in [0.3, 0.4) is 0 Å². The van der Waals surface area contributed by atoms with Gasteiger partial charge in [0.2, 0.25) is 0 Å². The van der Waals surface area contributed by atoms with Gasteiger partial charge in [-0.05, 0) is 85.8 Å². The lowest BCUT2D eigenvalue weighted by Crippen LogP contribution is -2.37. The number of aromatic nitrogens is 4. The highest BCUT2D eigenvalue weighted by Crippen LogP contribution is 2.63. The number of nitrogens with one attached hydrogen (secondary N) is 3. The lowest BCUT2D eigenvalue weighted by Gasteiger charge is -2.24. The molecular weight excluding hydrogens is 418 g/mol. The number of imidazole rings is 2. The summed E-state index contributed by atoms with van der Waals surface area (Å²) in [6.07, 6.45) is 6.15. The Morgan fingerprint density at radius 2 is 1.74 bits per heavy atom. The van der Waals surface area contributed by atoms with Crippen LogP contribution in [0.1, 0.15) is 65.3 Å². The molecule has 3 heterocycles. The average Bonchev–Trinajstić information content (AvgIpc) is 3.48. The molecule has 3 N–H and O–H groups in total. The summed E-state index contributed by atoms with van der Waals surface area (Å²) < 4.78 is 0. The third kappa shape index (κ3) is 2.55. The van der Waals surface area contributed by atoms with Crippen molar-refractivity contribution in [2.45, 2.75) is 50.1 Å². The van der Waals surface area contributed by atoms with E-state index in [1.54, 1.807) is 0 Å². The Hall–Kier alpha value is -3.36. The van der Waals surface area contributed by atoms with Crippen LogP contribution >= 0.6 is 0 Å². The first-order valence-electron chi connectivity index (χ1n) is 12.8. The molecule has 4 unspecified atom stereocenters. The molecule has 2 aromatic carbocycles. The van der Waals surface area contributed by atoms with Crippen molar-refractivity contribution in [3.05, 3.63) is 70.4 Å². The molecule has 166 valence electrons. The number of fused-ring (bicyclic) bond motifs is 6. The van der Waals surface area contributed by atoms with E-state index >= 15 is 0 Å². The maximum absolute atomic E-state index is 5.07. The number of hydrogen-bond donors (Lipinski definition) is 3. The Morgan fingerprint density at radius 1 is 0.824 bits per heavy atom. The van der Waals surface area contributed by atoms with Crippen LogP contribution in [0.4, 0.5) is 0 Å². The SMILES string of the molecule is C(#Cc1ccc2nc(C3NC4CC43)[nH]c2c1)c1ccc2c(c1)CCc1[nH]c([C@@H]3C[C@H]4CC43)nc1-2. The molecule has 4 fully saturated rings. The minimum Gasteiger partial charge on any atom is -0.345 e. The standard InChI is InChI=1S/C29H25N5/c1(2-15-4-7-22-25(10-15)33-29(31-22)27-21-13-24(21)30-27)14-3-6-18-16(9-14)5-8-23-26(18)34-28(32-23)20-12-17-11-19(17)20/h3-4,6-7,9-10,17,19-21,24,27,30H,5,8,11-13H2,(H,31,33)(H,32,34)/t17-,19?,20-,21?,24?,27?/m1/s1. The topological polar surface area (TPSA) is 69.4 Å². The molecule has 5 heteroatoms. The third-order valence-corrected chi connectivity index (χ3v) is 9.01. The summed E-state index contributed by atoms with van der Waals surface area (Å²) in [5.41, 5.74) is 9.35. The van der Waals surface area contributed by atoms with Crippen molar-refractivity contribution in [1.29, 1.82) is 0 Å². The number of benzene rings is 2. The van der Waals surface area contributed by atoms with Gasteiger partial charge in [-0.25, -0.2) is 9.97 Å². The molecule has 1 saturated heterocycles. The van der Waals surface area contributed by atoms with Crippen LogP contribution in [-0.2, 0) is 12.8 Å². The van der Waals surface area contributed by atoms with Gasteiger partial charge in [0, 0.05) is 34.3 Å². The van der Waals surface area contributed by atoms with Gasteiger partial charge in [0.25, 0.3) is 0 Å². The molecule has 34 heavy (non-hydrogen) atoms. The summed E-state index contributed by atoms with van der Waals surface area (Å²) in [7, 11) is 0. The highest BCUT2D eigenvalue weighted by molar-refractivity contribution is 5.77. The van der Waals surface area contributed by atoms with Gasteiger partial charge >= 0.3 is 0 Å². The first-order chi connectivity index (χ1) is 16.8. The van der Waals surface area contributed by atoms with Crippen molar-refractivity contribution < 1.29 is 0 Å². The van der Waals surface area contributed by atoms with E-state index < -0.39 is 0 Å². The highest BCUT2D eigenvalue weighted by atomic mass is 15.2. The number of H-pyrrole nitrogens is 2. The number of nitrogens with zero attached hydrogens (tertiary/aromatic N) is 2. The average molecular weight is 444 g/mol. The van der Waals surface area contributed by atoms with Gasteiger partial charge in [0.05, 0.1) is 22.8 Å². The second kappa shape index (κ2) is 6.20. The molecule has 0 spiro atoms. The molecule has 9 rings (SSSR count). The first-order valence-corrected chi connectivity index (χ1v) is 12.8. The Kier molecular flexibility index (Phi) is 3.29. The highest BCUT2D eigenvalue weighted by Gasteiger charge is 2.55. The van der Waals surface area contributed by atoms with E-state index in [-0.39, 0.29) is 0 Å². The number of aromatic amines is 2. The van der Waals surface area contributed by atoms with Crippen LogP contribution in [-0.4, -0.2) is 26.0 Å². The summed E-state index contributed by atoms with van der Waals surface area (Å²) in [5, 5.41) is 3.57. The zero-order chi connectivity index (χ0) is 22.0. The van der Waals surface area contributed by atoms with Crippen LogP contribution in [0, 0.1) is 29.6 Å². The molecule has 1 aliphatic heterocycles. The molecule has 5 aliphatic rings. The maximum atomic E-state index is 5.07. The second-order valence-electron chi connectivity index (χ2n) is 11.1. The van der Waals surface area contributed by atoms with Gasteiger partial charge < -0.3 is 15.3 Å². The summed E-state index contributed by atoms with van der Waals surface area (Å²) >= 11 is 0. The molecule has 6 atom stereocenters. The fourth-order valence-electron chi connectivity index (χ4n) is 6.72. The van der Waals surface area contributed by atoms with Gasteiger partial charge in [-0.3, -0.25) is 0 Å². The van der Waals surface area contributed by atoms with Crippen molar-refractivity contribution in [3.8, 4) is 23.1 Å². The smallest absolute Gasteiger partial charge is 0.124 e. The van der Waals surface area contributed by atoms with E-state index in [0.29, 0.717) is 12.0 Å². The molecule has 5 nitrogen and oxygen atoms in total. The Bertz CT molecular complexity index is 1580. The van der Waals surface area contributed by atoms with Crippen LogP contribution in [0.2, 0.25) is 0 Å². The van der Waals surface area contributed by atoms with E-state index in [1.165, 1.54) is 47.6 Å². The van der Waals surface area contributed by atoms with E-state index in [4.69, 9.17) is 9.97 Å². The Morgan fingerprint density at radius 3 is 2.53 bits per heavy atom. The quantitative estimate of drug-likeness (QED) is 0.397. The number of hydrogen-bond acceptors (Lipinski definition) is 3. The van der Waals surface area contributed by atoms with Crippen molar-refractivity contribution >= 4 is 11.0 Å². The lowest BCUT2D eigenvalue weighted by molar-refractivity contribution is 0.350. The summed E-state index contributed by atoms with van der Waals surface area (Å²) in [4.78, 5) is 17.1. The second-order valence-corrected chi connectivity index (χ2v) is 11.1. The number of aryl methyl sites for hydroxylation is 2. The molecular formula is C29H25N5. The zero-order valence-electron chi connectivity index (χ0n) is 18.9. The van der Waals surface area contributed by atoms with Gasteiger partial charge in [0.1, 0.15) is 11.6 Å². The predicted octanol–water partition coefficient (Wildman–Crippen LogP) is 4.61. The Balaban J connectivity index is 0.997. The fraction of sp³-hybridized carbons (Fsp3) is 0.379. The van der Waals surface area contributed by atoms with Crippen molar-refractivity contribution in [1.82, 2.24) is 25.3 Å². The molecule has 0 bridgehead atoms.